The average Bonchev–Trinajstić information content (AvgIpc) is 3.11. The fourth-order valence-corrected chi connectivity index (χ4v) is 3.72. The Morgan fingerprint density at radius 1 is 1.26 bits per heavy atom. The molecule has 1 N–H and O–H groups in total. The molecule has 8 nitrogen and oxygen atoms in total. The van der Waals surface area contributed by atoms with Gasteiger partial charge in [-0.1, -0.05) is 12.1 Å². The molecule has 1 atom stereocenters. The maximum absolute atomic E-state index is 12.4. The van der Waals surface area contributed by atoms with Gasteiger partial charge < -0.3 is 29.3 Å². The van der Waals surface area contributed by atoms with Crippen molar-refractivity contribution in [1.82, 2.24) is 15.1 Å². The van der Waals surface area contributed by atoms with Crippen molar-refractivity contribution in [3.8, 4) is 5.75 Å². The molecule has 1 amide bonds. The monoisotopic (exact) mass is 432 g/mol. The minimum absolute atomic E-state index is 0.187. The summed E-state index contributed by atoms with van der Waals surface area (Å²) in [6, 6.07) is 6.45. The van der Waals surface area contributed by atoms with Crippen molar-refractivity contribution >= 4 is 12.1 Å². The lowest BCUT2D eigenvalue weighted by molar-refractivity contribution is 0.0137. The number of nitrogens with zero attached hydrogens (tertiary/aromatic N) is 3. The second-order valence-electron chi connectivity index (χ2n) is 9.10. The first-order valence-corrected chi connectivity index (χ1v) is 11.0. The predicted octanol–water partition coefficient (Wildman–Crippen LogP) is 2.79. The highest BCUT2D eigenvalue weighted by Gasteiger charge is 2.36. The van der Waals surface area contributed by atoms with Crippen LogP contribution in [0, 0.1) is 6.92 Å². The highest BCUT2D eigenvalue weighted by atomic mass is 16.6. The van der Waals surface area contributed by atoms with Crippen LogP contribution in [0.4, 0.5) is 4.79 Å². The number of carbonyl (C=O) groups excluding carboxylic acids is 1. The molecule has 0 aromatic heterocycles. The molecule has 0 radical (unpaired) electrons. The molecule has 1 aromatic rings. The van der Waals surface area contributed by atoms with Gasteiger partial charge in [0.25, 0.3) is 0 Å². The van der Waals surface area contributed by atoms with Gasteiger partial charge in [-0.15, -0.1) is 0 Å². The van der Waals surface area contributed by atoms with Crippen LogP contribution in [-0.4, -0.2) is 80.0 Å². The number of carbonyl (C=O) groups is 1. The third-order valence-corrected chi connectivity index (χ3v) is 5.27. The van der Waals surface area contributed by atoms with E-state index in [1.807, 2.05) is 20.8 Å². The van der Waals surface area contributed by atoms with Gasteiger partial charge in [-0.2, -0.15) is 0 Å². The van der Waals surface area contributed by atoms with E-state index in [-0.39, 0.29) is 12.1 Å². The first kappa shape index (κ1) is 23.2. The zero-order valence-electron chi connectivity index (χ0n) is 19.4. The standard InChI is InChI=1S/C23H36N4O4/c1-17-7-8-18(20(13-17)30-12-6-11-29-5)14-24-21-25-15-19-16-26(9-10-27(19)21)22(28)31-23(2,3)4/h7-8,13,19H,6,9-12,14-16H2,1-5H3,(H,24,25). The van der Waals surface area contributed by atoms with Crippen molar-refractivity contribution in [2.24, 2.45) is 4.99 Å². The van der Waals surface area contributed by atoms with Crippen LogP contribution in [0.5, 0.6) is 5.75 Å². The number of ether oxygens (including phenoxy) is 3. The molecule has 2 aliphatic heterocycles. The van der Waals surface area contributed by atoms with Crippen molar-refractivity contribution in [2.45, 2.75) is 52.3 Å². The quantitative estimate of drug-likeness (QED) is 0.668. The Kier molecular flexibility index (Phi) is 7.64. The van der Waals surface area contributed by atoms with Crippen LogP contribution in [0.3, 0.4) is 0 Å². The smallest absolute Gasteiger partial charge is 0.410 e. The molecule has 3 rings (SSSR count). The van der Waals surface area contributed by atoms with Gasteiger partial charge in [-0.25, -0.2) is 4.79 Å². The Labute approximate surface area is 185 Å². The summed E-state index contributed by atoms with van der Waals surface area (Å²) in [6.45, 7) is 12.4. The van der Waals surface area contributed by atoms with Gasteiger partial charge in [0.2, 0.25) is 0 Å². The maximum Gasteiger partial charge on any atom is 0.410 e. The van der Waals surface area contributed by atoms with Crippen LogP contribution in [0.1, 0.15) is 38.3 Å². The third-order valence-electron chi connectivity index (χ3n) is 5.27. The van der Waals surface area contributed by atoms with Gasteiger partial charge in [0.1, 0.15) is 11.4 Å². The van der Waals surface area contributed by atoms with E-state index in [1.165, 1.54) is 5.56 Å². The molecule has 0 aliphatic carbocycles. The number of guanidine groups is 1. The van der Waals surface area contributed by atoms with Crippen molar-refractivity contribution < 1.29 is 19.0 Å². The lowest BCUT2D eigenvalue weighted by Gasteiger charge is -2.39. The Morgan fingerprint density at radius 2 is 2.06 bits per heavy atom. The molecule has 1 fully saturated rings. The molecule has 0 bridgehead atoms. The van der Waals surface area contributed by atoms with E-state index in [9.17, 15) is 4.79 Å². The zero-order valence-corrected chi connectivity index (χ0v) is 19.4. The number of piperazine rings is 1. The fourth-order valence-electron chi connectivity index (χ4n) is 3.72. The van der Waals surface area contributed by atoms with Crippen LogP contribution in [0.15, 0.2) is 23.2 Å². The molecule has 0 saturated carbocycles. The summed E-state index contributed by atoms with van der Waals surface area (Å²) in [5, 5.41) is 3.48. The highest BCUT2D eigenvalue weighted by molar-refractivity contribution is 5.82. The molecule has 8 heteroatoms. The molecule has 1 unspecified atom stereocenters. The summed E-state index contributed by atoms with van der Waals surface area (Å²) in [5.41, 5.74) is 1.79. The highest BCUT2D eigenvalue weighted by Crippen LogP contribution is 2.22. The summed E-state index contributed by atoms with van der Waals surface area (Å²) >= 11 is 0. The van der Waals surface area contributed by atoms with Crippen molar-refractivity contribution in [3.63, 3.8) is 0 Å². The van der Waals surface area contributed by atoms with E-state index in [2.05, 4.69) is 35.3 Å². The van der Waals surface area contributed by atoms with E-state index < -0.39 is 5.60 Å². The first-order chi connectivity index (χ1) is 14.8. The van der Waals surface area contributed by atoms with Crippen molar-refractivity contribution in [3.05, 3.63) is 29.3 Å². The van der Waals surface area contributed by atoms with Gasteiger partial charge in [0.05, 0.1) is 19.2 Å². The minimum atomic E-state index is -0.482. The molecule has 1 aromatic carbocycles. The molecule has 172 valence electrons. The van der Waals surface area contributed by atoms with Gasteiger partial charge in [-0.3, -0.25) is 4.99 Å². The summed E-state index contributed by atoms with van der Waals surface area (Å²) in [5.74, 6) is 1.79. The Morgan fingerprint density at radius 3 is 2.81 bits per heavy atom. The maximum atomic E-state index is 12.4. The van der Waals surface area contributed by atoms with Crippen LogP contribution in [-0.2, 0) is 16.0 Å². The van der Waals surface area contributed by atoms with Gasteiger partial charge in [0, 0.05) is 51.9 Å². The molecule has 31 heavy (non-hydrogen) atoms. The topological polar surface area (TPSA) is 75.6 Å². The molecule has 2 aliphatic rings. The second-order valence-corrected chi connectivity index (χ2v) is 9.10. The van der Waals surface area contributed by atoms with Gasteiger partial charge in [0.15, 0.2) is 5.96 Å². The van der Waals surface area contributed by atoms with Crippen LogP contribution >= 0.6 is 0 Å². The lowest BCUT2D eigenvalue weighted by Crippen LogP contribution is -2.57. The van der Waals surface area contributed by atoms with E-state index in [0.717, 1.165) is 30.2 Å². The number of aliphatic imine (C=N–C) groups is 1. The molecule has 0 spiro atoms. The number of benzene rings is 1. The number of fused-ring (bicyclic) bond motifs is 1. The molecule has 1 saturated heterocycles. The Bertz CT molecular complexity index is 790. The molecule has 2 heterocycles. The van der Waals surface area contributed by atoms with Crippen LogP contribution in [0.25, 0.3) is 0 Å². The number of rotatable bonds is 7. The average molecular weight is 433 g/mol. The normalized spacial score (nSPS) is 18.5. The minimum Gasteiger partial charge on any atom is -0.493 e. The van der Waals surface area contributed by atoms with E-state index in [4.69, 9.17) is 19.2 Å². The van der Waals surface area contributed by atoms with Crippen molar-refractivity contribution in [2.75, 3.05) is 46.5 Å². The Hall–Kier alpha value is -2.48. The first-order valence-electron chi connectivity index (χ1n) is 11.0. The summed E-state index contributed by atoms with van der Waals surface area (Å²) in [7, 11) is 1.70. The summed E-state index contributed by atoms with van der Waals surface area (Å²) in [4.78, 5) is 21.1. The zero-order chi connectivity index (χ0) is 22.4. The van der Waals surface area contributed by atoms with Crippen molar-refractivity contribution in [1.29, 1.82) is 0 Å². The predicted molar refractivity (Wildman–Crippen MR) is 121 cm³/mol. The SMILES string of the molecule is COCCCOc1cc(C)ccc1CNC1=NCC2CN(C(=O)OC(C)(C)C)CCN12. The van der Waals surface area contributed by atoms with E-state index in [0.29, 0.717) is 39.4 Å². The Balaban J connectivity index is 1.53. The van der Waals surface area contributed by atoms with Gasteiger partial charge >= 0.3 is 6.09 Å². The number of methoxy groups -OCH3 is 1. The number of amides is 1. The molecular weight excluding hydrogens is 396 g/mol. The number of hydrogen-bond acceptors (Lipinski definition) is 7. The number of aryl methyl sites for hydroxylation is 1. The third kappa shape index (κ3) is 6.50. The summed E-state index contributed by atoms with van der Waals surface area (Å²) < 4.78 is 16.6. The summed E-state index contributed by atoms with van der Waals surface area (Å²) in [6.07, 6.45) is 0.608. The fraction of sp³-hybridized carbons (Fsp3) is 0.652. The second kappa shape index (κ2) is 10.2. The number of hydrogen-bond donors (Lipinski definition) is 1. The van der Waals surface area contributed by atoms with Crippen LogP contribution < -0.4 is 10.1 Å². The molecular formula is C23H36N4O4. The van der Waals surface area contributed by atoms with Crippen LogP contribution in [0.2, 0.25) is 0 Å². The van der Waals surface area contributed by atoms with E-state index >= 15 is 0 Å². The van der Waals surface area contributed by atoms with Gasteiger partial charge in [-0.05, 0) is 39.3 Å². The lowest BCUT2D eigenvalue weighted by atomic mass is 10.1. The number of nitrogens with one attached hydrogen (secondary N) is 1. The largest absolute Gasteiger partial charge is 0.493 e. The van der Waals surface area contributed by atoms with E-state index in [1.54, 1.807) is 12.0 Å².